The molecule has 2 heterocycles. The minimum atomic E-state index is -3.24. The minimum absolute atomic E-state index is 0.0668. The Bertz CT molecular complexity index is 1200. The molecule has 3 N–H and O–H groups in total. The van der Waals surface area contributed by atoms with Crippen molar-refractivity contribution >= 4 is 38.9 Å². The maximum atomic E-state index is 11.7. The Morgan fingerprint density at radius 2 is 1.82 bits per heavy atom. The molecule has 4 rings (SSSR count). The SMILES string of the molecule is CC1(n2c(CNC=O)cc3cnc(Nc4ccc(S(C)(=O)=O)cc4)nc32)CCCCC1.CO. The van der Waals surface area contributed by atoms with Gasteiger partial charge in [-0.3, -0.25) is 4.79 Å². The van der Waals surface area contributed by atoms with E-state index in [2.05, 4.69) is 27.1 Å². The largest absolute Gasteiger partial charge is 0.400 e. The van der Waals surface area contributed by atoms with Crippen LogP contribution in [0.4, 0.5) is 11.6 Å². The molecule has 3 aromatic rings. The first-order valence-electron chi connectivity index (χ1n) is 10.9. The Labute approximate surface area is 194 Å². The van der Waals surface area contributed by atoms with E-state index in [1.54, 1.807) is 30.5 Å². The van der Waals surface area contributed by atoms with Crippen LogP contribution in [0.25, 0.3) is 11.0 Å². The molecule has 1 aliphatic carbocycles. The smallest absolute Gasteiger partial charge is 0.229 e. The quantitative estimate of drug-likeness (QED) is 0.450. The summed E-state index contributed by atoms with van der Waals surface area (Å²) < 4.78 is 25.6. The Morgan fingerprint density at radius 1 is 1.15 bits per heavy atom. The van der Waals surface area contributed by atoms with Crippen molar-refractivity contribution in [2.24, 2.45) is 0 Å². The summed E-state index contributed by atoms with van der Waals surface area (Å²) in [5.41, 5.74) is 2.48. The van der Waals surface area contributed by atoms with E-state index in [-0.39, 0.29) is 10.4 Å². The Balaban J connectivity index is 0.00000149. The third-order valence-electron chi connectivity index (χ3n) is 5.99. The van der Waals surface area contributed by atoms with Crippen LogP contribution < -0.4 is 10.6 Å². The lowest BCUT2D eigenvalue weighted by Gasteiger charge is -2.37. The average molecular weight is 474 g/mol. The molecule has 0 spiro atoms. The van der Waals surface area contributed by atoms with Crippen molar-refractivity contribution < 1.29 is 18.3 Å². The molecule has 1 saturated carbocycles. The summed E-state index contributed by atoms with van der Waals surface area (Å²) in [6.07, 6.45) is 9.37. The zero-order chi connectivity index (χ0) is 24.1. The number of aliphatic hydroxyl groups excluding tert-OH is 1. The fraction of sp³-hybridized carbons (Fsp3) is 0.435. The fourth-order valence-corrected chi connectivity index (χ4v) is 5.06. The molecule has 0 bridgehead atoms. The number of fused-ring (bicyclic) bond motifs is 1. The molecule has 1 aromatic carbocycles. The molecular formula is C23H31N5O4S. The van der Waals surface area contributed by atoms with Gasteiger partial charge < -0.3 is 20.3 Å². The summed E-state index contributed by atoms with van der Waals surface area (Å²) in [4.78, 5) is 20.4. The molecule has 0 saturated heterocycles. The number of sulfone groups is 1. The Morgan fingerprint density at radius 3 is 2.42 bits per heavy atom. The van der Waals surface area contributed by atoms with E-state index in [0.29, 0.717) is 24.6 Å². The van der Waals surface area contributed by atoms with Crippen LogP contribution in [0, 0.1) is 0 Å². The normalized spacial score (nSPS) is 15.4. The van der Waals surface area contributed by atoms with E-state index >= 15 is 0 Å². The van der Waals surface area contributed by atoms with Gasteiger partial charge in [0.1, 0.15) is 5.65 Å². The van der Waals surface area contributed by atoms with Crippen molar-refractivity contribution in [2.75, 3.05) is 18.7 Å². The highest BCUT2D eigenvalue weighted by Crippen LogP contribution is 2.38. The van der Waals surface area contributed by atoms with Gasteiger partial charge in [-0.25, -0.2) is 13.4 Å². The number of anilines is 2. The van der Waals surface area contributed by atoms with E-state index in [1.807, 2.05) is 6.07 Å². The molecule has 0 aliphatic heterocycles. The third-order valence-corrected chi connectivity index (χ3v) is 7.12. The van der Waals surface area contributed by atoms with Gasteiger partial charge in [0, 0.05) is 41.9 Å². The molecule has 9 nitrogen and oxygen atoms in total. The van der Waals surface area contributed by atoms with Crippen LogP contribution in [0.2, 0.25) is 0 Å². The summed E-state index contributed by atoms with van der Waals surface area (Å²) in [5.74, 6) is 0.438. The highest BCUT2D eigenvalue weighted by Gasteiger charge is 2.32. The predicted octanol–water partition coefficient (Wildman–Crippen LogP) is 3.11. The maximum Gasteiger partial charge on any atom is 0.229 e. The van der Waals surface area contributed by atoms with Crippen LogP contribution in [-0.4, -0.2) is 47.8 Å². The molecule has 1 fully saturated rings. The number of nitrogens with zero attached hydrogens (tertiary/aromatic N) is 3. The van der Waals surface area contributed by atoms with Gasteiger partial charge >= 0.3 is 0 Å². The summed E-state index contributed by atoms with van der Waals surface area (Å²) in [7, 11) is -2.24. The summed E-state index contributed by atoms with van der Waals surface area (Å²) in [6.45, 7) is 2.69. The van der Waals surface area contributed by atoms with Gasteiger partial charge in [0.05, 0.1) is 11.4 Å². The number of rotatable bonds is 7. The molecule has 178 valence electrons. The van der Waals surface area contributed by atoms with E-state index in [4.69, 9.17) is 10.1 Å². The van der Waals surface area contributed by atoms with Crippen LogP contribution in [0.1, 0.15) is 44.7 Å². The van der Waals surface area contributed by atoms with Crippen LogP contribution in [0.15, 0.2) is 41.4 Å². The van der Waals surface area contributed by atoms with Crippen molar-refractivity contribution in [1.82, 2.24) is 19.9 Å². The first-order valence-corrected chi connectivity index (χ1v) is 12.8. The number of benzene rings is 1. The highest BCUT2D eigenvalue weighted by molar-refractivity contribution is 7.90. The maximum absolute atomic E-state index is 11.7. The lowest BCUT2D eigenvalue weighted by Crippen LogP contribution is -2.34. The molecule has 0 atom stereocenters. The molecular weight excluding hydrogens is 442 g/mol. The van der Waals surface area contributed by atoms with Crippen LogP contribution >= 0.6 is 0 Å². The number of carbonyl (C=O) groups is 1. The minimum Gasteiger partial charge on any atom is -0.400 e. The third kappa shape index (κ3) is 5.51. The molecule has 33 heavy (non-hydrogen) atoms. The summed E-state index contributed by atoms with van der Waals surface area (Å²) >= 11 is 0. The Hall–Kier alpha value is -2.98. The van der Waals surface area contributed by atoms with Crippen molar-refractivity contribution in [3.8, 4) is 0 Å². The number of amides is 1. The van der Waals surface area contributed by atoms with E-state index in [9.17, 15) is 13.2 Å². The molecule has 0 unspecified atom stereocenters. The van der Waals surface area contributed by atoms with Crippen molar-refractivity contribution in [1.29, 1.82) is 0 Å². The molecule has 0 radical (unpaired) electrons. The topological polar surface area (TPSA) is 126 Å². The van der Waals surface area contributed by atoms with Crippen LogP contribution in [-0.2, 0) is 26.7 Å². The van der Waals surface area contributed by atoms with Crippen molar-refractivity contribution in [2.45, 2.75) is 56.0 Å². The lowest BCUT2D eigenvalue weighted by molar-refractivity contribution is -0.109. The zero-order valence-corrected chi connectivity index (χ0v) is 20.0. The van der Waals surface area contributed by atoms with Crippen LogP contribution in [0.5, 0.6) is 0 Å². The second kappa shape index (κ2) is 10.3. The van der Waals surface area contributed by atoms with E-state index in [0.717, 1.165) is 36.7 Å². The summed E-state index contributed by atoms with van der Waals surface area (Å²) in [6, 6.07) is 8.56. The van der Waals surface area contributed by atoms with Gasteiger partial charge in [-0.2, -0.15) is 4.98 Å². The number of hydrogen-bond donors (Lipinski definition) is 3. The molecule has 1 amide bonds. The standard InChI is InChI=1S/C22H27N5O3S.CH4O/c1-22(10-4-3-5-11-22)27-18(14-23-15-28)12-16-13-24-21(26-20(16)27)25-17-6-8-19(9-7-17)31(2,29)30;1-2/h6-9,12-13,15H,3-5,10-11,14H2,1-2H3,(H,23,28)(H,24,25,26);2H,1H3. The number of aromatic nitrogens is 3. The van der Waals surface area contributed by atoms with Gasteiger partial charge in [-0.05, 0) is 50.1 Å². The molecule has 1 aliphatic rings. The van der Waals surface area contributed by atoms with Crippen molar-refractivity contribution in [3.63, 3.8) is 0 Å². The fourth-order valence-electron chi connectivity index (χ4n) is 4.43. The van der Waals surface area contributed by atoms with Gasteiger partial charge in [-0.15, -0.1) is 0 Å². The molecule has 10 heteroatoms. The number of carbonyl (C=O) groups excluding carboxylic acids is 1. The van der Waals surface area contributed by atoms with Gasteiger partial charge in [0.25, 0.3) is 0 Å². The first kappa shape index (κ1) is 24.7. The molecule has 2 aromatic heterocycles. The van der Waals surface area contributed by atoms with Gasteiger partial charge in [0.15, 0.2) is 9.84 Å². The first-order chi connectivity index (χ1) is 15.8. The van der Waals surface area contributed by atoms with Gasteiger partial charge in [0.2, 0.25) is 12.4 Å². The Kier molecular flexibility index (Phi) is 7.70. The zero-order valence-electron chi connectivity index (χ0n) is 19.2. The summed E-state index contributed by atoms with van der Waals surface area (Å²) in [5, 5.41) is 13.9. The van der Waals surface area contributed by atoms with Crippen LogP contribution in [0.3, 0.4) is 0 Å². The highest BCUT2D eigenvalue weighted by atomic mass is 32.2. The second-order valence-electron chi connectivity index (χ2n) is 8.42. The van der Waals surface area contributed by atoms with Gasteiger partial charge in [-0.1, -0.05) is 19.3 Å². The number of aliphatic hydroxyl groups is 1. The lowest BCUT2D eigenvalue weighted by atomic mass is 9.83. The predicted molar refractivity (Wildman–Crippen MR) is 128 cm³/mol. The van der Waals surface area contributed by atoms with E-state index < -0.39 is 9.84 Å². The monoisotopic (exact) mass is 473 g/mol. The number of nitrogens with one attached hydrogen (secondary N) is 2. The van der Waals surface area contributed by atoms with E-state index in [1.165, 1.54) is 25.5 Å². The number of hydrogen-bond acceptors (Lipinski definition) is 7. The van der Waals surface area contributed by atoms with Crippen molar-refractivity contribution in [3.05, 3.63) is 42.2 Å². The average Bonchev–Trinajstić information content (AvgIpc) is 3.18. The second-order valence-corrected chi connectivity index (χ2v) is 10.4.